The van der Waals surface area contributed by atoms with Crippen LogP contribution < -0.4 is 5.32 Å². The Kier molecular flexibility index (Phi) is 4.68. The number of piperidine rings is 1. The molecule has 0 aliphatic carbocycles. The lowest BCUT2D eigenvalue weighted by Gasteiger charge is -2.38. The zero-order valence-corrected chi connectivity index (χ0v) is 15.1. The summed E-state index contributed by atoms with van der Waals surface area (Å²) in [5.41, 5.74) is 0.859. The summed E-state index contributed by atoms with van der Waals surface area (Å²) >= 11 is 0. The Bertz CT molecular complexity index is 697. The summed E-state index contributed by atoms with van der Waals surface area (Å²) in [7, 11) is -1.14. The molecule has 132 valence electrons. The molecule has 2 fully saturated rings. The van der Waals surface area contributed by atoms with Crippen molar-refractivity contribution >= 4 is 21.6 Å². The number of benzene rings is 1. The maximum Gasteiger partial charge on any atom is 0.241 e. The van der Waals surface area contributed by atoms with E-state index in [4.69, 9.17) is 0 Å². The Morgan fingerprint density at radius 2 is 1.83 bits per heavy atom. The molecule has 1 amide bonds. The van der Waals surface area contributed by atoms with Crippen molar-refractivity contribution < 1.29 is 13.2 Å². The molecule has 6 nitrogen and oxygen atoms in total. The van der Waals surface area contributed by atoms with Crippen LogP contribution in [0.5, 0.6) is 0 Å². The molecule has 0 bridgehead atoms. The SMILES string of the molecule is CN1CC2(CCN(S(C)(=O)=O)CC2)CC1C(=O)Nc1ccccc1. The van der Waals surface area contributed by atoms with Crippen LogP contribution in [0.4, 0.5) is 5.69 Å². The molecule has 0 radical (unpaired) electrons. The molecule has 2 aliphatic rings. The van der Waals surface area contributed by atoms with E-state index in [9.17, 15) is 13.2 Å². The normalized spacial score (nSPS) is 25.0. The number of carbonyl (C=O) groups is 1. The number of likely N-dealkylation sites (N-methyl/N-ethyl adjacent to an activating group) is 1. The number of rotatable bonds is 3. The van der Waals surface area contributed by atoms with Crippen molar-refractivity contribution in [3.63, 3.8) is 0 Å². The van der Waals surface area contributed by atoms with Crippen molar-refractivity contribution in [2.75, 3.05) is 38.3 Å². The molecule has 2 aliphatic heterocycles. The summed E-state index contributed by atoms with van der Waals surface area (Å²) in [6.07, 6.45) is 3.70. The summed E-state index contributed by atoms with van der Waals surface area (Å²) < 4.78 is 24.9. The molecule has 2 saturated heterocycles. The van der Waals surface area contributed by atoms with E-state index in [-0.39, 0.29) is 17.4 Å². The lowest BCUT2D eigenvalue weighted by Crippen LogP contribution is -2.43. The number of sulfonamides is 1. The molecule has 0 aromatic heterocycles. The van der Waals surface area contributed by atoms with Gasteiger partial charge in [-0.1, -0.05) is 18.2 Å². The van der Waals surface area contributed by atoms with Crippen LogP contribution in [0.3, 0.4) is 0 Å². The molecule has 1 N–H and O–H groups in total. The fraction of sp³-hybridized carbons (Fsp3) is 0.588. The highest BCUT2D eigenvalue weighted by Crippen LogP contribution is 2.43. The van der Waals surface area contributed by atoms with E-state index in [1.54, 1.807) is 4.31 Å². The second-order valence-electron chi connectivity index (χ2n) is 7.15. The highest BCUT2D eigenvalue weighted by atomic mass is 32.2. The first kappa shape index (κ1) is 17.4. The Hall–Kier alpha value is -1.44. The van der Waals surface area contributed by atoms with Crippen LogP contribution >= 0.6 is 0 Å². The van der Waals surface area contributed by atoms with Crippen LogP contribution in [0.2, 0.25) is 0 Å². The second kappa shape index (κ2) is 6.46. The predicted octanol–water partition coefficient (Wildman–Crippen LogP) is 1.37. The summed E-state index contributed by atoms with van der Waals surface area (Å²) in [6, 6.07) is 9.32. The summed E-state index contributed by atoms with van der Waals surface area (Å²) in [4.78, 5) is 14.7. The lowest BCUT2D eigenvalue weighted by molar-refractivity contribution is -0.120. The Morgan fingerprint density at radius 3 is 2.42 bits per heavy atom. The second-order valence-corrected chi connectivity index (χ2v) is 9.13. The van der Waals surface area contributed by atoms with Crippen LogP contribution in [0, 0.1) is 5.41 Å². The van der Waals surface area contributed by atoms with Crippen molar-refractivity contribution in [2.45, 2.75) is 25.3 Å². The van der Waals surface area contributed by atoms with E-state index < -0.39 is 10.0 Å². The fourth-order valence-electron chi connectivity index (χ4n) is 3.96. The number of nitrogens with zero attached hydrogens (tertiary/aromatic N) is 2. The number of para-hydroxylation sites is 1. The number of likely N-dealkylation sites (tertiary alicyclic amines) is 1. The van der Waals surface area contributed by atoms with Gasteiger partial charge in [-0.2, -0.15) is 0 Å². The average molecular weight is 351 g/mol. The van der Waals surface area contributed by atoms with Crippen LogP contribution in [-0.2, 0) is 14.8 Å². The third-order valence-electron chi connectivity index (χ3n) is 5.34. The quantitative estimate of drug-likeness (QED) is 0.893. The van der Waals surface area contributed by atoms with Gasteiger partial charge in [-0.3, -0.25) is 9.69 Å². The monoisotopic (exact) mass is 351 g/mol. The zero-order valence-electron chi connectivity index (χ0n) is 14.2. The molecule has 3 rings (SSSR count). The standard InChI is InChI=1S/C17H25N3O3S/c1-19-13-17(8-10-20(11-9-17)24(2,22)23)12-15(19)16(21)18-14-6-4-3-5-7-14/h3-7,15H,8-13H2,1-2H3,(H,18,21). The van der Waals surface area contributed by atoms with Gasteiger partial charge in [0.15, 0.2) is 0 Å². The largest absolute Gasteiger partial charge is 0.325 e. The van der Waals surface area contributed by atoms with Gasteiger partial charge in [0.05, 0.1) is 12.3 Å². The van der Waals surface area contributed by atoms with Gasteiger partial charge in [0, 0.05) is 25.3 Å². The number of amides is 1. The average Bonchev–Trinajstić information content (AvgIpc) is 2.84. The number of carbonyl (C=O) groups excluding carboxylic acids is 1. The van der Waals surface area contributed by atoms with E-state index in [0.29, 0.717) is 13.1 Å². The molecule has 1 unspecified atom stereocenters. The van der Waals surface area contributed by atoms with E-state index in [1.165, 1.54) is 6.26 Å². The maximum atomic E-state index is 12.6. The van der Waals surface area contributed by atoms with Crippen LogP contribution in [0.15, 0.2) is 30.3 Å². The molecular weight excluding hydrogens is 326 g/mol. The number of hydrogen-bond acceptors (Lipinski definition) is 4. The van der Waals surface area contributed by atoms with Gasteiger partial charge in [0.2, 0.25) is 15.9 Å². The third kappa shape index (κ3) is 3.63. The Morgan fingerprint density at radius 1 is 1.21 bits per heavy atom. The third-order valence-corrected chi connectivity index (χ3v) is 6.64. The first-order chi connectivity index (χ1) is 11.3. The molecule has 2 heterocycles. The summed E-state index contributed by atoms with van der Waals surface area (Å²) in [5.74, 6) is 0.0196. The van der Waals surface area contributed by atoms with Crippen LogP contribution in [-0.4, -0.2) is 62.5 Å². The summed E-state index contributed by atoms with van der Waals surface area (Å²) in [6.45, 7) is 1.96. The fourth-order valence-corrected chi connectivity index (χ4v) is 4.81. The molecule has 1 aromatic carbocycles. The Balaban J connectivity index is 1.64. The van der Waals surface area contributed by atoms with Crippen molar-refractivity contribution in [3.8, 4) is 0 Å². The Labute approximate surface area is 143 Å². The molecule has 0 saturated carbocycles. The highest BCUT2D eigenvalue weighted by molar-refractivity contribution is 7.88. The number of nitrogens with one attached hydrogen (secondary N) is 1. The molecule has 1 atom stereocenters. The van der Waals surface area contributed by atoms with Gasteiger partial charge >= 0.3 is 0 Å². The first-order valence-corrected chi connectivity index (χ1v) is 10.2. The zero-order chi connectivity index (χ0) is 17.4. The minimum absolute atomic E-state index is 0.0196. The van der Waals surface area contributed by atoms with Crippen LogP contribution in [0.25, 0.3) is 0 Å². The van der Waals surface area contributed by atoms with Gasteiger partial charge in [-0.15, -0.1) is 0 Å². The van der Waals surface area contributed by atoms with Crippen molar-refractivity contribution in [1.29, 1.82) is 0 Å². The van der Waals surface area contributed by atoms with Crippen molar-refractivity contribution in [3.05, 3.63) is 30.3 Å². The lowest BCUT2D eigenvalue weighted by atomic mass is 9.77. The van der Waals surface area contributed by atoms with Gasteiger partial charge in [0.25, 0.3) is 0 Å². The predicted molar refractivity (Wildman–Crippen MR) is 94.2 cm³/mol. The summed E-state index contributed by atoms with van der Waals surface area (Å²) in [5, 5.41) is 2.98. The first-order valence-electron chi connectivity index (χ1n) is 8.30. The molecular formula is C17H25N3O3S. The van der Waals surface area contributed by atoms with Gasteiger partial charge < -0.3 is 5.32 Å². The minimum Gasteiger partial charge on any atom is -0.325 e. The number of hydrogen-bond donors (Lipinski definition) is 1. The van der Waals surface area contributed by atoms with E-state index in [1.807, 2.05) is 37.4 Å². The van der Waals surface area contributed by atoms with Crippen LogP contribution in [0.1, 0.15) is 19.3 Å². The topological polar surface area (TPSA) is 69.7 Å². The minimum atomic E-state index is -3.12. The van der Waals surface area contributed by atoms with E-state index in [0.717, 1.165) is 31.5 Å². The molecule has 7 heteroatoms. The maximum absolute atomic E-state index is 12.6. The van der Waals surface area contributed by atoms with Crippen molar-refractivity contribution in [2.24, 2.45) is 5.41 Å². The van der Waals surface area contributed by atoms with Crippen molar-refractivity contribution in [1.82, 2.24) is 9.21 Å². The molecule has 24 heavy (non-hydrogen) atoms. The number of anilines is 1. The van der Waals surface area contributed by atoms with E-state index in [2.05, 4.69) is 10.2 Å². The highest BCUT2D eigenvalue weighted by Gasteiger charge is 2.47. The molecule has 1 aromatic rings. The van der Waals surface area contributed by atoms with Gasteiger partial charge in [0.1, 0.15) is 0 Å². The van der Waals surface area contributed by atoms with Gasteiger partial charge in [-0.05, 0) is 43.9 Å². The van der Waals surface area contributed by atoms with Gasteiger partial charge in [-0.25, -0.2) is 12.7 Å². The molecule has 1 spiro atoms. The van der Waals surface area contributed by atoms with E-state index >= 15 is 0 Å². The smallest absolute Gasteiger partial charge is 0.241 e.